The Balaban J connectivity index is 1.65. The second kappa shape index (κ2) is 11.2. The minimum atomic E-state index is 0.182. The molecular weight excluding hydrogens is 492 g/mol. The Morgan fingerprint density at radius 3 is 1.07 bits per heavy atom. The molecular formula is C34H28N6. The van der Waals surface area contributed by atoms with E-state index >= 15 is 0 Å². The lowest BCUT2D eigenvalue weighted by molar-refractivity contribution is 1.02. The van der Waals surface area contributed by atoms with Crippen LogP contribution in [0, 0.1) is 0 Å². The summed E-state index contributed by atoms with van der Waals surface area (Å²) in [5, 5.41) is 0. The molecule has 40 heavy (non-hydrogen) atoms. The smallest absolute Gasteiger partial charge is 0.220 e. The minimum absolute atomic E-state index is 0.182. The highest BCUT2D eigenvalue weighted by Crippen LogP contribution is 2.40. The summed E-state index contributed by atoms with van der Waals surface area (Å²) >= 11 is 0. The maximum Gasteiger partial charge on any atom is 0.220 e. The highest BCUT2D eigenvalue weighted by atomic mass is 15.0. The van der Waals surface area contributed by atoms with E-state index in [2.05, 4.69) is 48.5 Å². The van der Waals surface area contributed by atoms with Gasteiger partial charge in [0.25, 0.3) is 0 Å². The molecule has 0 aliphatic rings. The number of nitrogens with two attached hydrogens (primary N) is 2. The molecule has 194 valence electrons. The van der Waals surface area contributed by atoms with Crippen LogP contribution in [-0.2, 0) is 12.8 Å². The molecule has 6 nitrogen and oxygen atoms in total. The summed E-state index contributed by atoms with van der Waals surface area (Å²) in [6.07, 6.45) is 1.17. The van der Waals surface area contributed by atoms with Crippen LogP contribution < -0.4 is 11.5 Å². The minimum Gasteiger partial charge on any atom is -0.368 e. The number of hydrogen-bond acceptors (Lipinski definition) is 6. The molecule has 0 fully saturated rings. The normalized spacial score (nSPS) is 10.9. The van der Waals surface area contributed by atoms with Gasteiger partial charge in [0.05, 0.1) is 11.4 Å². The van der Waals surface area contributed by atoms with Gasteiger partial charge in [-0.15, -0.1) is 0 Å². The first kappa shape index (κ1) is 24.9. The molecule has 6 rings (SSSR count). The predicted molar refractivity (Wildman–Crippen MR) is 161 cm³/mol. The van der Waals surface area contributed by atoms with Crippen molar-refractivity contribution >= 4 is 11.9 Å². The van der Waals surface area contributed by atoms with Crippen molar-refractivity contribution in [2.45, 2.75) is 12.8 Å². The lowest BCUT2D eigenvalue weighted by atomic mass is 9.91. The van der Waals surface area contributed by atoms with Gasteiger partial charge in [0.1, 0.15) is 11.4 Å². The zero-order valence-electron chi connectivity index (χ0n) is 21.9. The lowest BCUT2D eigenvalue weighted by Crippen LogP contribution is -2.10. The monoisotopic (exact) mass is 520 g/mol. The Kier molecular flexibility index (Phi) is 6.97. The second-order valence-corrected chi connectivity index (χ2v) is 9.56. The summed E-state index contributed by atoms with van der Waals surface area (Å²) in [6, 6.07) is 40.7. The van der Waals surface area contributed by atoms with Gasteiger partial charge in [0, 0.05) is 24.0 Å². The number of nitrogens with zero attached hydrogens (tertiary/aromatic N) is 4. The summed E-state index contributed by atoms with van der Waals surface area (Å²) in [5.41, 5.74) is 21.6. The fraction of sp³-hybridized carbons (Fsp3) is 0.0588. The molecule has 2 aromatic heterocycles. The quantitative estimate of drug-likeness (QED) is 0.245. The Morgan fingerprint density at radius 1 is 0.400 bits per heavy atom. The van der Waals surface area contributed by atoms with Crippen LogP contribution in [0.1, 0.15) is 22.5 Å². The summed E-state index contributed by atoms with van der Waals surface area (Å²) in [7, 11) is 0. The van der Waals surface area contributed by atoms with Crippen LogP contribution in [0.2, 0.25) is 0 Å². The van der Waals surface area contributed by atoms with Crippen molar-refractivity contribution in [3.8, 4) is 33.6 Å². The van der Waals surface area contributed by atoms with E-state index in [1.807, 2.05) is 72.8 Å². The van der Waals surface area contributed by atoms with E-state index in [1.54, 1.807) is 0 Å². The fourth-order valence-electron chi connectivity index (χ4n) is 5.05. The van der Waals surface area contributed by atoms with Gasteiger partial charge in [-0.25, -0.2) is 19.9 Å². The molecule has 0 radical (unpaired) electrons. The van der Waals surface area contributed by atoms with Gasteiger partial charge >= 0.3 is 0 Å². The summed E-state index contributed by atoms with van der Waals surface area (Å²) < 4.78 is 0. The van der Waals surface area contributed by atoms with Crippen molar-refractivity contribution in [3.63, 3.8) is 0 Å². The molecule has 0 saturated heterocycles. The topological polar surface area (TPSA) is 104 Å². The summed E-state index contributed by atoms with van der Waals surface area (Å²) in [6.45, 7) is 0. The number of rotatable bonds is 7. The van der Waals surface area contributed by atoms with Gasteiger partial charge in [0.2, 0.25) is 11.9 Å². The third-order valence-corrected chi connectivity index (χ3v) is 6.78. The molecule has 0 spiro atoms. The van der Waals surface area contributed by atoms with E-state index in [4.69, 9.17) is 31.4 Å². The van der Waals surface area contributed by atoms with Crippen molar-refractivity contribution in [1.82, 2.24) is 19.9 Å². The van der Waals surface area contributed by atoms with Crippen molar-refractivity contribution in [2.75, 3.05) is 11.5 Å². The lowest BCUT2D eigenvalue weighted by Gasteiger charge is -2.19. The van der Waals surface area contributed by atoms with Crippen molar-refractivity contribution < 1.29 is 0 Å². The molecule has 0 bridgehead atoms. The number of benzene rings is 4. The zero-order chi connectivity index (χ0) is 27.3. The molecule has 2 heterocycles. The molecule has 4 aromatic carbocycles. The van der Waals surface area contributed by atoms with Crippen LogP contribution in [0.5, 0.6) is 0 Å². The molecule has 0 aliphatic heterocycles. The molecule has 0 unspecified atom stereocenters. The molecule has 0 atom stereocenters. The first-order valence-corrected chi connectivity index (χ1v) is 13.2. The van der Waals surface area contributed by atoms with E-state index in [1.165, 1.54) is 0 Å². The van der Waals surface area contributed by atoms with E-state index in [9.17, 15) is 0 Å². The number of anilines is 2. The fourth-order valence-corrected chi connectivity index (χ4v) is 5.05. The van der Waals surface area contributed by atoms with Crippen LogP contribution in [0.25, 0.3) is 33.6 Å². The van der Waals surface area contributed by atoms with E-state index in [0.29, 0.717) is 24.2 Å². The van der Waals surface area contributed by atoms with Crippen LogP contribution >= 0.6 is 0 Å². The van der Waals surface area contributed by atoms with Crippen LogP contribution in [-0.4, -0.2) is 19.9 Å². The maximum absolute atomic E-state index is 6.39. The van der Waals surface area contributed by atoms with Crippen LogP contribution in [0.3, 0.4) is 0 Å². The highest BCUT2D eigenvalue weighted by molar-refractivity contribution is 5.90. The molecule has 6 aromatic rings. The average molecular weight is 521 g/mol. The van der Waals surface area contributed by atoms with Gasteiger partial charge in [-0.1, -0.05) is 121 Å². The van der Waals surface area contributed by atoms with E-state index in [0.717, 1.165) is 44.8 Å². The maximum atomic E-state index is 6.39. The van der Waals surface area contributed by atoms with E-state index in [-0.39, 0.29) is 11.9 Å². The van der Waals surface area contributed by atoms with Gasteiger partial charge in [-0.3, -0.25) is 0 Å². The number of aromatic nitrogens is 4. The van der Waals surface area contributed by atoms with Crippen molar-refractivity contribution in [1.29, 1.82) is 0 Å². The first-order chi connectivity index (χ1) is 19.7. The highest BCUT2D eigenvalue weighted by Gasteiger charge is 2.24. The SMILES string of the molecule is Nc1nc(Cc2ccccc2)c(-c2ccccc2)c(-c2nc(N)nc(Cc3ccccc3)c2-c2ccccc2)n1. The first-order valence-electron chi connectivity index (χ1n) is 13.2. The van der Waals surface area contributed by atoms with Gasteiger partial charge in [0.15, 0.2) is 0 Å². The third kappa shape index (κ3) is 5.28. The summed E-state index contributed by atoms with van der Waals surface area (Å²) in [4.78, 5) is 19.1. The average Bonchev–Trinajstić information content (AvgIpc) is 2.98. The second-order valence-electron chi connectivity index (χ2n) is 9.56. The standard InChI is InChI=1S/C34H28N6/c35-33-37-27(21-23-13-5-1-6-14-23)29(25-17-9-3-10-18-25)31(39-33)32-30(26-19-11-4-12-20-26)28(38-34(36)40-32)22-24-15-7-2-8-16-24/h1-20H,21-22H2,(H2,35,37,39)(H2,36,38,40). The Labute approximate surface area is 233 Å². The summed E-state index contributed by atoms with van der Waals surface area (Å²) in [5.74, 6) is 0.364. The molecule has 0 aliphatic carbocycles. The molecule has 0 amide bonds. The molecule has 4 N–H and O–H groups in total. The van der Waals surface area contributed by atoms with Crippen molar-refractivity contribution in [3.05, 3.63) is 144 Å². The number of hydrogen-bond donors (Lipinski definition) is 2. The largest absolute Gasteiger partial charge is 0.368 e. The van der Waals surface area contributed by atoms with Crippen molar-refractivity contribution in [2.24, 2.45) is 0 Å². The molecule has 6 heteroatoms. The zero-order valence-corrected chi connectivity index (χ0v) is 21.9. The Bertz CT molecular complexity index is 1610. The number of nitrogen functional groups attached to an aromatic ring is 2. The van der Waals surface area contributed by atoms with Gasteiger partial charge in [-0.2, -0.15) is 0 Å². The van der Waals surface area contributed by atoms with E-state index < -0.39 is 0 Å². The van der Waals surface area contributed by atoms with Crippen LogP contribution in [0.4, 0.5) is 11.9 Å². The Hall–Kier alpha value is -5.36. The van der Waals surface area contributed by atoms with Gasteiger partial charge < -0.3 is 11.5 Å². The predicted octanol–water partition coefficient (Wildman–Crippen LogP) is 6.61. The third-order valence-electron chi connectivity index (χ3n) is 6.78. The Morgan fingerprint density at radius 2 is 0.725 bits per heavy atom. The molecule has 0 saturated carbocycles. The van der Waals surface area contributed by atoms with Gasteiger partial charge in [-0.05, 0) is 22.3 Å². The van der Waals surface area contributed by atoms with Crippen LogP contribution in [0.15, 0.2) is 121 Å².